The topological polar surface area (TPSA) is 52.7 Å². The maximum absolute atomic E-state index is 13.0. The Labute approximate surface area is 189 Å². The van der Waals surface area contributed by atoms with Crippen LogP contribution >= 0.6 is 0 Å². The third-order valence-electron chi connectivity index (χ3n) is 5.94. The van der Waals surface area contributed by atoms with E-state index in [2.05, 4.69) is 58.7 Å². The Kier molecular flexibility index (Phi) is 6.97. The number of hydrogen-bond acceptors (Lipinski definition) is 3. The molecule has 1 fully saturated rings. The minimum Gasteiger partial charge on any atom is -0.352 e. The molecule has 5 nitrogen and oxygen atoms in total. The number of rotatable bonds is 6. The van der Waals surface area contributed by atoms with Gasteiger partial charge in [-0.05, 0) is 28.8 Å². The summed E-state index contributed by atoms with van der Waals surface area (Å²) in [6.07, 6.45) is 0. The van der Waals surface area contributed by atoms with Gasteiger partial charge in [-0.25, -0.2) is 0 Å². The molecule has 4 rings (SSSR count). The molecule has 1 saturated heterocycles. The fourth-order valence-electron chi connectivity index (χ4n) is 4.24. The van der Waals surface area contributed by atoms with E-state index in [0.717, 1.165) is 18.7 Å². The Bertz CT molecular complexity index is 988. The van der Waals surface area contributed by atoms with Crippen LogP contribution in [0.3, 0.4) is 0 Å². The van der Waals surface area contributed by atoms with Crippen LogP contribution in [-0.4, -0.2) is 47.8 Å². The van der Waals surface area contributed by atoms with Gasteiger partial charge < -0.3 is 10.2 Å². The van der Waals surface area contributed by atoms with E-state index in [0.29, 0.717) is 25.2 Å². The number of amides is 2. The third-order valence-corrected chi connectivity index (χ3v) is 5.94. The molecule has 0 radical (unpaired) electrons. The van der Waals surface area contributed by atoms with Gasteiger partial charge in [0.2, 0.25) is 5.91 Å². The monoisotopic (exact) mass is 427 g/mol. The first kappa shape index (κ1) is 21.8. The molecule has 0 bridgehead atoms. The highest BCUT2D eigenvalue weighted by Crippen LogP contribution is 2.29. The number of nitrogens with one attached hydrogen (secondary N) is 1. The van der Waals surface area contributed by atoms with Gasteiger partial charge in [0, 0.05) is 45.2 Å². The minimum absolute atomic E-state index is 0.0618. The maximum atomic E-state index is 13.0. The van der Waals surface area contributed by atoms with Crippen LogP contribution in [0.25, 0.3) is 0 Å². The summed E-state index contributed by atoms with van der Waals surface area (Å²) in [4.78, 5) is 28.5. The number of hydrogen-bond donors (Lipinski definition) is 1. The molecule has 0 unspecified atom stereocenters. The lowest BCUT2D eigenvalue weighted by Gasteiger charge is -2.39. The normalized spacial score (nSPS) is 14.4. The van der Waals surface area contributed by atoms with E-state index in [-0.39, 0.29) is 17.9 Å². The molecule has 1 aliphatic rings. The molecule has 32 heavy (non-hydrogen) atoms. The Hall–Kier alpha value is -3.44. The Morgan fingerprint density at radius 3 is 1.81 bits per heavy atom. The zero-order valence-electron chi connectivity index (χ0n) is 18.4. The lowest BCUT2D eigenvalue weighted by Crippen LogP contribution is -2.49. The first-order valence-electron chi connectivity index (χ1n) is 11.1. The smallest absolute Gasteiger partial charge is 0.253 e. The predicted molar refractivity (Wildman–Crippen MR) is 126 cm³/mol. The highest BCUT2D eigenvalue weighted by Gasteiger charge is 2.28. The van der Waals surface area contributed by atoms with Crippen LogP contribution in [0.15, 0.2) is 84.9 Å². The van der Waals surface area contributed by atoms with E-state index in [4.69, 9.17) is 0 Å². The fraction of sp³-hybridized carbons (Fsp3) is 0.259. The molecule has 0 aliphatic carbocycles. The first-order chi connectivity index (χ1) is 15.6. The number of nitrogens with zero attached hydrogens (tertiary/aromatic N) is 2. The van der Waals surface area contributed by atoms with Crippen LogP contribution in [0.5, 0.6) is 0 Å². The summed E-state index contributed by atoms with van der Waals surface area (Å²) in [6, 6.07) is 28.8. The van der Waals surface area contributed by atoms with Crippen molar-refractivity contribution >= 4 is 11.8 Å². The van der Waals surface area contributed by atoms with Crippen LogP contribution < -0.4 is 5.32 Å². The molecule has 1 aliphatic heterocycles. The molecule has 1 heterocycles. The van der Waals surface area contributed by atoms with Crippen molar-refractivity contribution in [1.29, 1.82) is 0 Å². The minimum atomic E-state index is -0.0627. The molecular formula is C27H29N3O2. The van der Waals surface area contributed by atoms with E-state index in [9.17, 15) is 9.59 Å². The molecule has 2 amide bonds. The van der Waals surface area contributed by atoms with Gasteiger partial charge in [-0.2, -0.15) is 0 Å². The van der Waals surface area contributed by atoms with Crippen molar-refractivity contribution in [2.75, 3.05) is 26.2 Å². The van der Waals surface area contributed by atoms with Crippen molar-refractivity contribution in [3.63, 3.8) is 0 Å². The molecule has 0 saturated carbocycles. The molecule has 0 spiro atoms. The molecular weight excluding hydrogens is 398 g/mol. The van der Waals surface area contributed by atoms with E-state index >= 15 is 0 Å². The van der Waals surface area contributed by atoms with Gasteiger partial charge in [-0.3, -0.25) is 14.5 Å². The zero-order chi connectivity index (χ0) is 22.3. The molecule has 5 heteroatoms. The van der Waals surface area contributed by atoms with Crippen molar-refractivity contribution in [2.45, 2.75) is 19.5 Å². The van der Waals surface area contributed by atoms with Gasteiger partial charge in [0.15, 0.2) is 0 Å². The maximum Gasteiger partial charge on any atom is 0.253 e. The van der Waals surface area contributed by atoms with Gasteiger partial charge >= 0.3 is 0 Å². The highest BCUT2D eigenvalue weighted by molar-refractivity contribution is 5.94. The summed E-state index contributed by atoms with van der Waals surface area (Å²) in [7, 11) is 0. The first-order valence-corrected chi connectivity index (χ1v) is 11.1. The van der Waals surface area contributed by atoms with Crippen molar-refractivity contribution in [3.8, 4) is 0 Å². The summed E-state index contributed by atoms with van der Waals surface area (Å²) in [5.41, 5.74) is 4.21. The van der Waals surface area contributed by atoms with Crippen LogP contribution in [0.2, 0.25) is 0 Å². The molecule has 3 aromatic carbocycles. The number of benzene rings is 3. The molecule has 164 valence electrons. The predicted octanol–water partition coefficient (Wildman–Crippen LogP) is 3.87. The number of carbonyl (C=O) groups is 2. The van der Waals surface area contributed by atoms with E-state index < -0.39 is 0 Å². The summed E-state index contributed by atoms with van der Waals surface area (Å²) >= 11 is 0. The van der Waals surface area contributed by atoms with Gasteiger partial charge in [-0.1, -0.05) is 72.8 Å². The average molecular weight is 428 g/mol. The standard InChI is InChI=1S/C27H29N3O2/c1-21(31)28-20-22-12-14-25(15-13-22)27(32)30-18-16-29(17-19-30)26(23-8-4-2-5-9-23)24-10-6-3-7-11-24/h2-15,26H,16-20H2,1H3,(H,28,31). The quantitative estimate of drug-likeness (QED) is 0.650. The van der Waals surface area contributed by atoms with Crippen LogP contribution in [-0.2, 0) is 11.3 Å². The second kappa shape index (κ2) is 10.2. The van der Waals surface area contributed by atoms with Gasteiger partial charge in [0.05, 0.1) is 6.04 Å². The van der Waals surface area contributed by atoms with Gasteiger partial charge in [0.25, 0.3) is 5.91 Å². The van der Waals surface area contributed by atoms with Crippen molar-refractivity contribution in [3.05, 3.63) is 107 Å². The van der Waals surface area contributed by atoms with Crippen molar-refractivity contribution in [2.24, 2.45) is 0 Å². The van der Waals surface area contributed by atoms with Crippen LogP contribution in [0, 0.1) is 0 Å². The van der Waals surface area contributed by atoms with E-state index in [1.165, 1.54) is 18.1 Å². The summed E-state index contributed by atoms with van der Waals surface area (Å²) in [5.74, 6) is -0.000896. The molecule has 3 aromatic rings. The SMILES string of the molecule is CC(=O)NCc1ccc(C(=O)N2CCN(C(c3ccccc3)c3ccccc3)CC2)cc1. The highest BCUT2D eigenvalue weighted by atomic mass is 16.2. The van der Waals surface area contributed by atoms with Crippen molar-refractivity contribution in [1.82, 2.24) is 15.1 Å². The Morgan fingerprint density at radius 2 is 1.31 bits per heavy atom. The lowest BCUT2D eigenvalue weighted by atomic mass is 9.96. The largest absolute Gasteiger partial charge is 0.352 e. The fourth-order valence-corrected chi connectivity index (χ4v) is 4.24. The van der Waals surface area contributed by atoms with Crippen molar-refractivity contribution < 1.29 is 9.59 Å². The summed E-state index contributed by atoms with van der Waals surface area (Å²) < 4.78 is 0. The number of piperazine rings is 1. The molecule has 1 N–H and O–H groups in total. The zero-order valence-corrected chi connectivity index (χ0v) is 18.4. The van der Waals surface area contributed by atoms with Gasteiger partial charge in [0.1, 0.15) is 0 Å². The van der Waals surface area contributed by atoms with Crippen LogP contribution in [0.4, 0.5) is 0 Å². The second-order valence-electron chi connectivity index (χ2n) is 8.16. The molecule has 0 aromatic heterocycles. The Morgan fingerprint density at radius 1 is 0.781 bits per heavy atom. The number of carbonyl (C=O) groups excluding carboxylic acids is 2. The lowest BCUT2D eigenvalue weighted by molar-refractivity contribution is -0.119. The van der Waals surface area contributed by atoms with Crippen LogP contribution in [0.1, 0.15) is 40.0 Å². The average Bonchev–Trinajstić information content (AvgIpc) is 2.85. The third kappa shape index (κ3) is 5.24. The summed E-state index contributed by atoms with van der Waals surface area (Å²) in [6.45, 7) is 5.01. The van der Waals surface area contributed by atoms with E-state index in [1.807, 2.05) is 41.3 Å². The second-order valence-corrected chi connectivity index (χ2v) is 8.16. The van der Waals surface area contributed by atoms with Gasteiger partial charge in [-0.15, -0.1) is 0 Å². The molecule has 0 atom stereocenters. The summed E-state index contributed by atoms with van der Waals surface area (Å²) in [5, 5.41) is 2.78. The van der Waals surface area contributed by atoms with E-state index in [1.54, 1.807) is 0 Å². The Balaban J connectivity index is 1.42.